The van der Waals surface area contributed by atoms with Gasteiger partial charge in [0.1, 0.15) is 10.6 Å². The zero-order valence-electron chi connectivity index (χ0n) is 10.5. The van der Waals surface area contributed by atoms with Crippen molar-refractivity contribution in [3.05, 3.63) is 37.6 Å². The van der Waals surface area contributed by atoms with Crippen LogP contribution in [0, 0.1) is 3.95 Å². The van der Waals surface area contributed by atoms with Crippen molar-refractivity contribution in [3.63, 3.8) is 0 Å². The minimum atomic E-state index is -0.380. The van der Waals surface area contributed by atoms with Crippen molar-refractivity contribution in [2.75, 3.05) is 6.61 Å². The molecular weight excluding hydrogens is 296 g/mol. The minimum absolute atomic E-state index is 0.104. The lowest BCUT2D eigenvalue weighted by molar-refractivity contribution is -0.112. The number of nitrogens with one attached hydrogen (secondary N) is 1. The summed E-state index contributed by atoms with van der Waals surface area (Å²) in [5.74, 6) is 0.176. The molecule has 0 fully saturated rings. The average molecular weight is 306 g/mol. The van der Waals surface area contributed by atoms with Crippen LogP contribution in [-0.2, 0) is 4.79 Å². The third-order valence-corrected chi connectivity index (χ3v) is 4.08. The van der Waals surface area contributed by atoms with Crippen molar-refractivity contribution in [3.8, 4) is 11.6 Å². The van der Waals surface area contributed by atoms with E-state index in [-0.39, 0.29) is 11.8 Å². The van der Waals surface area contributed by atoms with Gasteiger partial charge >= 0.3 is 0 Å². The highest BCUT2D eigenvalue weighted by molar-refractivity contribution is 7.73. The fraction of sp³-hybridized carbons (Fsp3) is 0.154. The van der Waals surface area contributed by atoms with Crippen LogP contribution in [0.3, 0.4) is 0 Å². The number of carbonyl (C=O) groups is 1. The fourth-order valence-corrected chi connectivity index (χ4v) is 3.19. The summed E-state index contributed by atoms with van der Waals surface area (Å²) >= 11 is 6.13. The molecule has 20 heavy (non-hydrogen) atoms. The van der Waals surface area contributed by atoms with E-state index in [1.807, 2.05) is 6.92 Å². The SMILES string of the molecule is CCOc1ccc2c(c1)=C(c1sc(=S)[nH]c1O)C(=O)N=2. The van der Waals surface area contributed by atoms with E-state index in [2.05, 4.69) is 9.98 Å². The Morgan fingerprint density at radius 2 is 2.30 bits per heavy atom. The molecule has 0 unspecified atom stereocenters. The van der Waals surface area contributed by atoms with Crippen molar-refractivity contribution in [1.82, 2.24) is 4.98 Å². The summed E-state index contributed by atoms with van der Waals surface area (Å²) in [6, 6.07) is 5.25. The number of fused-ring (bicyclic) bond motifs is 1. The van der Waals surface area contributed by atoms with E-state index in [0.29, 0.717) is 37.3 Å². The number of H-pyrrole nitrogens is 1. The third-order valence-electron chi connectivity index (χ3n) is 2.84. The highest BCUT2D eigenvalue weighted by atomic mass is 32.1. The Bertz CT molecular complexity index is 880. The monoisotopic (exact) mass is 306 g/mol. The summed E-state index contributed by atoms with van der Waals surface area (Å²) in [6.07, 6.45) is 0. The van der Waals surface area contributed by atoms with Gasteiger partial charge in [0.05, 0.1) is 17.5 Å². The number of hydrogen-bond donors (Lipinski definition) is 2. The van der Waals surface area contributed by atoms with E-state index < -0.39 is 0 Å². The van der Waals surface area contributed by atoms with Gasteiger partial charge in [0.15, 0.2) is 3.95 Å². The number of rotatable bonds is 3. The fourth-order valence-electron chi connectivity index (χ4n) is 2.06. The van der Waals surface area contributed by atoms with Crippen LogP contribution in [-0.4, -0.2) is 22.6 Å². The zero-order chi connectivity index (χ0) is 14.3. The lowest BCUT2D eigenvalue weighted by Crippen LogP contribution is -2.23. The van der Waals surface area contributed by atoms with Crippen LogP contribution in [0.2, 0.25) is 0 Å². The van der Waals surface area contributed by atoms with Crippen molar-refractivity contribution in [1.29, 1.82) is 0 Å². The maximum Gasteiger partial charge on any atom is 0.279 e. The molecule has 1 aromatic carbocycles. The van der Waals surface area contributed by atoms with Crippen molar-refractivity contribution in [2.45, 2.75) is 6.92 Å². The summed E-state index contributed by atoms with van der Waals surface area (Å²) in [7, 11) is 0. The summed E-state index contributed by atoms with van der Waals surface area (Å²) < 4.78 is 5.84. The normalized spacial score (nSPS) is 13.2. The van der Waals surface area contributed by atoms with E-state index >= 15 is 0 Å². The van der Waals surface area contributed by atoms with Gasteiger partial charge in [-0.1, -0.05) is 0 Å². The van der Waals surface area contributed by atoms with Crippen molar-refractivity contribution >= 4 is 35.0 Å². The van der Waals surface area contributed by atoms with Gasteiger partial charge in [0.2, 0.25) is 5.88 Å². The molecule has 5 nitrogen and oxygen atoms in total. The minimum Gasteiger partial charge on any atom is -0.494 e. The average Bonchev–Trinajstić information content (AvgIpc) is 2.88. The molecule has 0 aliphatic carbocycles. The molecule has 0 spiro atoms. The predicted octanol–water partition coefficient (Wildman–Crippen LogP) is 1.27. The second-order valence-electron chi connectivity index (χ2n) is 4.10. The van der Waals surface area contributed by atoms with Gasteiger partial charge in [0, 0.05) is 5.22 Å². The number of aromatic hydroxyl groups is 1. The highest BCUT2D eigenvalue weighted by Gasteiger charge is 2.23. The van der Waals surface area contributed by atoms with Gasteiger partial charge in [-0.05, 0) is 37.3 Å². The molecule has 1 aliphatic rings. The number of benzene rings is 1. The predicted molar refractivity (Wildman–Crippen MR) is 77.1 cm³/mol. The Morgan fingerprint density at radius 3 is 2.95 bits per heavy atom. The molecule has 1 amide bonds. The largest absolute Gasteiger partial charge is 0.494 e. The first-order valence-corrected chi connectivity index (χ1v) is 7.15. The lowest BCUT2D eigenvalue weighted by Gasteiger charge is -2.01. The molecule has 0 saturated heterocycles. The Kier molecular flexibility index (Phi) is 3.15. The van der Waals surface area contributed by atoms with E-state index in [1.54, 1.807) is 18.2 Å². The first kappa shape index (κ1) is 13.0. The molecule has 0 saturated carbocycles. The summed E-state index contributed by atoms with van der Waals surface area (Å²) in [5.41, 5.74) is 0.358. The molecule has 0 atom stereocenters. The van der Waals surface area contributed by atoms with Gasteiger partial charge in [0.25, 0.3) is 5.91 Å². The van der Waals surface area contributed by atoms with Crippen LogP contribution < -0.4 is 15.3 Å². The first-order chi connectivity index (χ1) is 9.60. The Hall–Kier alpha value is -1.99. The molecule has 3 rings (SSSR count). The van der Waals surface area contributed by atoms with Gasteiger partial charge in [-0.25, -0.2) is 4.99 Å². The van der Waals surface area contributed by atoms with Crippen LogP contribution in [0.4, 0.5) is 0 Å². The Balaban J connectivity index is 2.32. The summed E-state index contributed by atoms with van der Waals surface area (Å²) in [5, 5.41) is 11.1. The van der Waals surface area contributed by atoms with Crippen LogP contribution >= 0.6 is 23.6 Å². The van der Waals surface area contributed by atoms with Crippen LogP contribution in [0.5, 0.6) is 11.6 Å². The smallest absolute Gasteiger partial charge is 0.279 e. The molecule has 0 bridgehead atoms. The second kappa shape index (κ2) is 4.84. The molecule has 1 aromatic heterocycles. The van der Waals surface area contributed by atoms with Crippen LogP contribution in [0.25, 0.3) is 5.57 Å². The number of amides is 1. The number of carbonyl (C=O) groups excluding carboxylic acids is 1. The molecule has 0 radical (unpaired) electrons. The number of hydrogen-bond acceptors (Lipinski definition) is 5. The number of aromatic amines is 1. The molecular formula is C13H10N2O3S2. The molecule has 2 aromatic rings. The quantitative estimate of drug-likeness (QED) is 0.838. The number of thiazole rings is 1. The van der Waals surface area contributed by atoms with E-state index in [1.165, 1.54) is 0 Å². The van der Waals surface area contributed by atoms with E-state index in [9.17, 15) is 9.90 Å². The van der Waals surface area contributed by atoms with Gasteiger partial charge in [-0.3, -0.25) is 4.79 Å². The standard InChI is InChI=1S/C13H10N2O3S2/c1-2-18-6-3-4-8-7(5-6)9(11(16)14-8)10-12(17)15-13(19)20-10/h3-5,17H,2H2,1H3,(H,15,19). The molecule has 7 heteroatoms. The van der Waals surface area contributed by atoms with Gasteiger partial charge in [-0.2, -0.15) is 0 Å². The van der Waals surface area contributed by atoms with Gasteiger partial charge < -0.3 is 14.8 Å². The second-order valence-corrected chi connectivity index (χ2v) is 5.78. The summed E-state index contributed by atoms with van der Waals surface area (Å²) in [4.78, 5) is 19.1. The lowest BCUT2D eigenvalue weighted by atomic mass is 10.1. The third kappa shape index (κ3) is 2.04. The van der Waals surface area contributed by atoms with E-state index in [4.69, 9.17) is 17.0 Å². The molecule has 2 N–H and O–H groups in total. The van der Waals surface area contributed by atoms with Gasteiger partial charge in [-0.15, -0.1) is 11.3 Å². The molecule has 1 aliphatic heterocycles. The Morgan fingerprint density at radius 1 is 1.50 bits per heavy atom. The van der Waals surface area contributed by atoms with Crippen LogP contribution in [0.1, 0.15) is 11.8 Å². The number of ether oxygens (including phenoxy) is 1. The highest BCUT2D eigenvalue weighted by Crippen LogP contribution is 2.29. The van der Waals surface area contributed by atoms with Crippen molar-refractivity contribution < 1.29 is 14.6 Å². The molecule has 2 heterocycles. The Labute approximate surface area is 122 Å². The first-order valence-electron chi connectivity index (χ1n) is 5.93. The number of nitrogens with zero attached hydrogens (tertiary/aromatic N) is 1. The number of aromatic nitrogens is 1. The van der Waals surface area contributed by atoms with E-state index in [0.717, 1.165) is 11.3 Å². The topological polar surface area (TPSA) is 74.7 Å². The maximum atomic E-state index is 12.1. The van der Waals surface area contributed by atoms with Crippen molar-refractivity contribution in [2.24, 2.45) is 4.99 Å². The maximum absolute atomic E-state index is 12.1. The zero-order valence-corrected chi connectivity index (χ0v) is 12.1. The van der Waals surface area contributed by atoms with Crippen LogP contribution in [0.15, 0.2) is 23.2 Å². The molecule has 102 valence electrons. The summed E-state index contributed by atoms with van der Waals surface area (Å²) in [6.45, 7) is 2.42.